The van der Waals surface area contributed by atoms with Crippen molar-refractivity contribution in [3.05, 3.63) is 0 Å². The molecule has 0 fully saturated rings. The Bertz CT molecular complexity index is 1660. The SMILES string of the molecule is CCCCCCCCCC(=O)OC[C@H](COP(=O)(O)OC[C@H](O)COP(=O)(O)OC[C@@H](COC(=O)CCCCCCCCCCC(C)C)OC(=O)CCCCCCCCCCCCCCCCC(C)C)OC(=O)CCCCCCCCC(C)C. The Balaban J connectivity index is 5.19. The van der Waals surface area contributed by atoms with Gasteiger partial charge < -0.3 is 33.8 Å². The third-order valence-electron chi connectivity index (χ3n) is 14.9. The minimum atomic E-state index is -4.95. The van der Waals surface area contributed by atoms with Crippen molar-refractivity contribution in [1.29, 1.82) is 0 Å². The average molecular weight is 1240 g/mol. The first-order chi connectivity index (χ1) is 40.2. The lowest BCUT2D eigenvalue weighted by Gasteiger charge is -2.21. The molecule has 84 heavy (non-hydrogen) atoms. The molecule has 0 radical (unpaired) electrons. The fourth-order valence-corrected chi connectivity index (χ4v) is 11.2. The number of aliphatic hydroxyl groups excluding tert-OH is 1. The number of phosphoric acid groups is 2. The highest BCUT2D eigenvalue weighted by molar-refractivity contribution is 7.47. The molecule has 3 N–H and O–H groups in total. The summed E-state index contributed by atoms with van der Waals surface area (Å²) in [4.78, 5) is 72.1. The molecule has 5 atom stereocenters. The molecule has 0 saturated carbocycles. The van der Waals surface area contributed by atoms with Gasteiger partial charge in [0.1, 0.15) is 19.3 Å². The number of hydrogen-bond acceptors (Lipinski definition) is 15. The van der Waals surface area contributed by atoms with Gasteiger partial charge in [-0.2, -0.15) is 0 Å². The van der Waals surface area contributed by atoms with Crippen LogP contribution in [0.1, 0.15) is 318 Å². The van der Waals surface area contributed by atoms with Gasteiger partial charge >= 0.3 is 39.5 Å². The van der Waals surface area contributed by atoms with Gasteiger partial charge in [-0.05, 0) is 43.4 Å². The summed E-state index contributed by atoms with van der Waals surface area (Å²) in [5.74, 6) is 0.0484. The Hall–Kier alpha value is -1.94. The molecule has 0 aromatic rings. The minimum Gasteiger partial charge on any atom is -0.462 e. The van der Waals surface area contributed by atoms with E-state index in [4.69, 9.17) is 37.0 Å². The average Bonchev–Trinajstić information content (AvgIpc) is 3.44. The summed E-state index contributed by atoms with van der Waals surface area (Å²) in [5.41, 5.74) is 0. The number of unbranched alkanes of at least 4 members (excludes halogenated alkanes) is 31. The van der Waals surface area contributed by atoms with E-state index >= 15 is 0 Å². The lowest BCUT2D eigenvalue weighted by Crippen LogP contribution is -2.30. The van der Waals surface area contributed by atoms with E-state index in [1.165, 1.54) is 116 Å². The predicted octanol–water partition coefficient (Wildman–Crippen LogP) is 17.9. The van der Waals surface area contributed by atoms with Gasteiger partial charge in [-0.25, -0.2) is 9.13 Å². The molecule has 17 nitrogen and oxygen atoms in total. The third-order valence-corrected chi connectivity index (χ3v) is 16.8. The molecule has 19 heteroatoms. The number of carbonyl (C=O) groups excluding carboxylic acids is 4. The number of rotatable bonds is 63. The Morgan fingerprint density at radius 3 is 0.810 bits per heavy atom. The summed E-state index contributed by atoms with van der Waals surface area (Å²) in [5, 5.41) is 10.5. The van der Waals surface area contributed by atoms with Crippen molar-refractivity contribution >= 4 is 39.5 Å². The minimum absolute atomic E-state index is 0.101. The maximum absolute atomic E-state index is 13.0. The van der Waals surface area contributed by atoms with E-state index in [-0.39, 0.29) is 25.7 Å². The van der Waals surface area contributed by atoms with Gasteiger partial charge in [0.15, 0.2) is 12.2 Å². The fraction of sp³-hybridized carbons (Fsp3) is 0.938. The van der Waals surface area contributed by atoms with Crippen molar-refractivity contribution in [3.63, 3.8) is 0 Å². The number of hydrogen-bond donors (Lipinski definition) is 3. The summed E-state index contributed by atoms with van der Waals surface area (Å²) < 4.78 is 67.9. The van der Waals surface area contributed by atoms with Crippen LogP contribution in [0.4, 0.5) is 0 Å². The standard InChI is InChI=1S/C65H126O17P2/c1-8-9-10-11-22-32-39-46-62(67)75-52-61(82-65(70)49-42-35-28-27-31-38-45-58(6)7)55-80-84(73,74)78-51-59(66)50-77-83(71,72)79-54-60(53-76-63(68)47-40-33-25-21-20-24-30-37-44-57(4)5)81-64(69)48-41-34-26-19-17-15-13-12-14-16-18-23-29-36-43-56(2)3/h56-61,66H,8-55H2,1-7H3,(H,71,72)(H,73,74)/t59-,60-,61-/m1/s1. The molecule has 0 saturated heterocycles. The maximum Gasteiger partial charge on any atom is 0.472 e. The van der Waals surface area contributed by atoms with Gasteiger partial charge in [0.25, 0.3) is 0 Å². The van der Waals surface area contributed by atoms with Crippen LogP contribution in [0.15, 0.2) is 0 Å². The van der Waals surface area contributed by atoms with Crippen LogP contribution in [0, 0.1) is 17.8 Å². The molecule has 0 bridgehead atoms. The molecular weight excluding hydrogens is 1110 g/mol. The first-order valence-electron chi connectivity index (χ1n) is 33.8. The van der Waals surface area contributed by atoms with Crippen LogP contribution in [-0.2, 0) is 65.4 Å². The summed E-state index contributed by atoms with van der Waals surface area (Å²) in [6.07, 6.45) is 37.9. The van der Waals surface area contributed by atoms with Gasteiger partial charge in [0.05, 0.1) is 26.4 Å². The summed E-state index contributed by atoms with van der Waals surface area (Å²) in [6.45, 7) is 11.7. The Labute approximate surface area is 511 Å². The topological polar surface area (TPSA) is 237 Å². The van der Waals surface area contributed by atoms with E-state index in [0.717, 1.165) is 115 Å². The monoisotopic (exact) mass is 1240 g/mol. The molecule has 0 amide bonds. The number of carbonyl (C=O) groups is 4. The predicted molar refractivity (Wildman–Crippen MR) is 335 cm³/mol. The van der Waals surface area contributed by atoms with Crippen LogP contribution in [0.25, 0.3) is 0 Å². The van der Waals surface area contributed by atoms with Crippen molar-refractivity contribution in [2.75, 3.05) is 39.6 Å². The van der Waals surface area contributed by atoms with Crippen molar-refractivity contribution in [1.82, 2.24) is 0 Å². The van der Waals surface area contributed by atoms with Crippen molar-refractivity contribution in [2.24, 2.45) is 17.8 Å². The van der Waals surface area contributed by atoms with Crippen molar-refractivity contribution in [3.8, 4) is 0 Å². The Kier molecular flexibility index (Phi) is 55.0. The lowest BCUT2D eigenvalue weighted by molar-refractivity contribution is -0.161. The van der Waals surface area contributed by atoms with Crippen LogP contribution < -0.4 is 0 Å². The van der Waals surface area contributed by atoms with Gasteiger partial charge in [-0.3, -0.25) is 37.3 Å². The molecule has 0 aliphatic rings. The quantitative estimate of drug-likeness (QED) is 0.0222. The maximum atomic E-state index is 13.0. The van der Waals surface area contributed by atoms with Gasteiger partial charge in [-0.15, -0.1) is 0 Å². The van der Waals surface area contributed by atoms with Crippen LogP contribution in [-0.4, -0.2) is 96.7 Å². The second-order valence-corrected chi connectivity index (χ2v) is 27.8. The molecule has 0 spiro atoms. The molecule has 0 aliphatic carbocycles. The Morgan fingerprint density at radius 1 is 0.321 bits per heavy atom. The van der Waals surface area contributed by atoms with E-state index in [9.17, 15) is 43.2 Å². The van der Waals surface area contributed by atoms with Crippen LogP contribution >= 0.6 is 15.6 Å². The highest BCUT2D eigenvalue weighted by atomic mass is 31.2. The van der Waals surface area contributed by atoms with E-state index in [1.54, 1.807) is 0 Å². The normalized spacial score (nSPS) is 14.3. The molecule has 0 rings (SSSR count). The zero-order valence-electron chi connectivity index (χ0n) is 54.4. The molecule has 0 heterocycles. The number of aliphatic hydroxyl groups is 1. The van der Waals surface area contributed by atoms with E-state index in [2.05, 4.69) is 48.5 Å². The summed E-state index contributed by atoms with van der Waals surface area (Å²) in [6, 6.07) is 0. The molecule has 0 aromatic heterocycles. The molecule has 2 unspecified atom stereocenters. The van der Waals surface area contributed by atoms with E-state index in [0.29, 0.717) is 31.6 Å². The molecule has 0 aliphatic heterocycles. The lowest BCUT2D eigenvalue weighted by atomic mass is 10.0. The third kappa shape index (κ3) is 59.0. The zero-order chi connectivity index (χ0) is 62.4. The highest BCUT2D eigenvalue weighted by Gasteiger charge is 2.30. The largest absolute Gasteiger partial charge is 0.472 e. The van der Waals surface area contributed by atoms with Gasteiger partial charge in [0.2, 0.25) is 0 Å². The zero-order valence-corrected chi connectivity index (χ0v) is 56.1. The second kappa shape index (κ2) is 56.3. The summed E-state index contributed by atoms with van der Waals surface area (Å²) >= 11 is 0. The van der Waals surface area contributed by atoms with E-state index < -0.39 is 97.5 Å². The smallest absolute Gasteiger partial charge is 0.462 e. The van der Waals surface area contributed by atoms with Crippen molar-refractivity contribution < 1.29 is 80.2 Å². The van der Waals surface area contributed by atoms with Crippen LogP contribution in [0.3, 0.4) is 0 Å². The first-order valence-corrected chi connectivity index (χ1v) is 36.8. The van der Waals surface area contributed by atoms with Crippen LogP contribution in [0.2, 0.25) is 0 Å². The first kappa shape index (κ1) is 82.1. The molecule has 0 aromatic carbocycles. The molecular formula is C65H126O17P2. The van der Waals surface area contributed by atoms with Crippen LogP contribution in [0.5, 0.6) is 0 Å². The summed E-state index contributed by atoms with van der Waals surface area (Å²) in [7, 11) is -9.88. The van der Waals surface area contributed by atoms with Gasteiger partial charge in [0, 0.05) is 25.7 Å². The van der Waals surface area contributed by atoms with Gasteiger partial charge in [-0.1, -0.05) is 267 Å². The van der Waals surface area contributed by atoms with E-state index in [1.807, 2.05) is 0 Å². The number of esters is 4. The number of ether oxygens (including phenoxy) is 4. The number of phosphoric ester groups is 2. The molecule has 498 valence electrons. The highest BCUT2D eigenvalue weighted by Crippen LogP contribution is 2.45. The second-order valence-electron chi connectivity index (χ2n) is 24.9. The van der Waals surface area contributed by atoms with Crippen molar-refractivity contribution in [2.45, 2.75) is 336 Å². The fourth-order valence-electron chi connectivity index (χ4n) is 9.66. The Morgan fingerprint density at radius 2 is 0.548 bits per heavy atom.